The molecule has 2 saturated carbocycles. The van der Waals surface area contributed by atoms with E-state index in [1.807, 2.05) is 35.2 Å². The number of carbonyl (C=O) groups is 1. The van der Waals surface area contributed by atoms with E-state index in [-0.39, 0.29) is 50.3 Å². The molecule has 5 aliphatic rings. The molecule has 0 aromatic heterocycles. The second-order valence-electron chi connectivity index (χ2n) is 16.5. The summed E-state index contributed by atoms with van der Waals surface area (Å²) in [5, 5.41) is 24.5. The van der Waals surface area contributed by atoms with E-state index in [4.69, 9.17) is 33.7 Å². The minimum absolute atomic E-state index is 0.0386. The topological polar surface area (TPSA) is 129 Å². The normalized spacial score (nSPS) is 26.3. The van der Waals surface area contributed by atoms with Crippen LogP contribution in [0.2, 0.25) is 0 Å². The van der Waals surface area contributed by atoms with Crippen molar-refractivity contribution in [3.8, 4) is 23.0 Å². The largest absolute Gasteiger partial charge is 0.490 e. The maximum absolute atomic E-state index is 15.1. The molecule has 2 fully saturated rings. The van der Waals surface area contributed by atoms with Crippen molar-refractivity contribution in [2.24, 2.45) is 28.8 Å². The van der Waals surface area contributed by atoms with Crippen LogP contribution in [-0.4, -0.2) is 78.9 Å². The van der Waals surface area contributed by atoms with Gasteiger partial charge in [0.25, 0.3) is 0 Å². The molecule has 2 heterocycles. The SMILES string of the molecule is C=CCOc1ccc2c(c1)[C@H]1[C@H](CCCCO)[C@@H](CCCCO)C=C3C(=NOC)C[C@H](N(Cc4ccc5c(c4)OCO5)C(=O)CCC4CCCC4)[C@@](OCC=C)(O2)[C@H]31. The highest BCUT2D eigenvalue weighted by molar-refractivity contribution is 6.03. The zero-order valence-electron chi connectivity index (χ0n) is 34.2. The van der Waals surface area contributed by atoms with Crippen molar-refractivity contribution >= 4 is 11.6 Å². The Balaban J connectivity index is 1.41. The molecule has 0 saturated heterocycles. The number of ether oxygens (including phenoxy) is 5. The van der Waals surface area contributed by atoms with Gasteiger partial charge in [0, 0.05) is 44.1 Å². The molecule has 0 unspecified atom stereocenters. The monoisotopic (exact) mass is 798 g/mol. The van der Waals surface area contributed by atoms with Gasteiger partial charge in [-0.2, -0.15) is 0 Å². The fourth-order valence-corrected chi connectivity index (χ4v) is 10.4. The molecular weight excluding hydrogens is 737 g/mol. The first kappa shape index (κ1) is 41.8. The molecule has 0 radical (unpaired) electrons. The Morgan fingerprint density at radius 3 is 2.47 bits per heavy atom. The Bertz CT molecular complexity index is 1800. The van der Waals surface area contributed by atoms with E-state index < -0.39 is 17.7 Å². The molecule has 11 nitrogen and oxygen atoms in total. The van der Waals surface area contributed by atoms with Crippen LogP contribution in [0.4, 0.5) is 0 Å². The van der Waals surface area contributed by atoms with Crippen LogP contribution in [-0.2, 0) is 20.9 Å². The number of hydrogen-bond acceptors (Lipinski definition) is 10. The summed E-state index contributed by atoms with van der Waals surface area (Å²) < 4.78 is 32.1. The average molecular weight is 799 g/mol. The Morgan fingerprint density at radius 2 is 1.71 bits per heavy atom. The lowest BCUT2D eigenvalue weighted by molar-refractivity contribution is -0.258. The fraction of sp³-hybridized carbons (Fsp3) is 0.574. The minimum atomic E-state index is -1.33. The molecule has 7 rings (SSSR count). The Kier molecular flexibility index (Phi) is 14.1. The summed E-state index contributed by atoms with van der Waals surface area (Å²) >= 11 is 0. The molecule has 314 valence electrons. The third-order valence-corrected chi connectivity index (χ3v) is 12.9. The van der Waals surface area contributed by atoms with E-state index in [1.54, 1.807) is 19.3 Å². The third kappa shape index (κ3) is 8.82. The average Bonchev–Trinajstić information content (AvgIpc) is 3.95. The number of aliphatic hydroxyl groups excluding tert-OH is 2. The molecule has 58 heavy (non-hydrogen) atoms. The number of hydrogen-bond donors (Lipinski definition) is 2. The number of amides is 1. The van der Waals surface area contributed by atoms with Gasteiger partial charge >= 0.3 is 0 Å². The molecule has 3 aliphatic carbocycles. The number of rotatable bonds is 21. The summed E-state index contributed by atoms with van der Waals surface area (Å²) in [7, 11) is 1.57. The number of benzene rings is 2. The van der Waals surface area contributed by atoms with E-state index in [1.165, 1.54) is 12.8 Å². The molecule has 2 aromatic carbocycles. The zero-order valence-corrected chi connectivity index (χ0v) is 34.2. The molecule has 2 N–H and O–H groups in total. The lowest BCUT2D eigenvalue weighted by Crippen LogP contribution is -2.70. The Labute approximate surface area is 343 Å². The second kappa shape index (κ2) is 19.6. The molecule has 0 bridgehead atoms. The van der Waals surface area contributed by atoms with Crippen molar-refractivity contribution in [2.45, 2.75) is 108 Å². The first-order valence-electron chi connectivity index (χ1n) is 21.5. The van der Waals surface area contributed by atoms with Crippen molar-refractivity contribution < 1.29 is 43.5 Å². The number of nitrogens with zero attached hydrogens (tertiary/aromatic N) is 2. The van der Waals surface area contributed by atoms with Crippen LogP contribution in [0.25, 0.3) is 0 Å². The summed E-state index contributed by atoms with van der Waals surface area (Å²) in [5.74, 6) is 1.72. The summed E-state index contributed by atoms with van der Waals surface area (Å²) in [6.45, 7) is 9.20. The highest BCUT2D eigenvalue weighted by atomic mass is 16.7. The molecule has 1 amide bonds. The summed E-state index contributed by atoms with van der Waals surface area (Å²) in [4.78, 5) is 22.7. The van der Waals surface area contributed by atoms with E-state index in [9.17, 15) is 10.2 Å². The van der Waals surface area contributed by atoms with Crippen molar-refractivity contribution in [1.82, 2.24) is 4.90 Å². The van der Waals surface area contributed by atoms with Gasteiger partial charge in [0.1, 0.15) is 31.3 Å². The molecule has 0 spiro atoms. The fourth-order valence-electron chi connectivity index (χ4n) is 10.4. The predicted molar refractivity (Wildman–Crippen MR) is 222 cm³/mol. The van der Waals surface area contributed by atoms with Gasteiger partial charge in [-0.3, -0.25) is 4.79 Å². The number of unbranched alkanes of at least 4 members (excludes halogenated alkanes) is 2. The van der Waals surface area contributed by atoms with Crippen LogP contribution < -0.4 is 18.9 Å². The zero-order chi connectivity index (χ0) is 40.5. The number of oxime groups is 1. The van der Waals surface area contributed by atoms with E-state index in [2.05, 4.69) is 25.3 Å². The smallest absolute Gasteiger partial charge is 0.239 e. The summed E-state index contributed by atoms with van der Waals surface area (Å²) in [6.07, 6.45) is 17.0. The Hall–Kier alpha value is -4.32. The van der Waals surface area contributed by atoms with Gasteiger partial charge in [-0.05, 0) is 91.3 Å². The van der Waals surface area contributed by atoms with Crippen LogP contribution in [0, 0.1) is 23.7 Å². The van der Waals surface area contributed by atoms with E-state index in [0.29, 0.717) is 67.8 Å². The van der Waals surface area contributed by atoms with Crippen molar-refractivity contribution in [2.75, 3.05) is 40.3 Å². The van der Waals surface area contributed by atoms with Gasteiger partial charge < -0.3 is 43.6 Å². The second-order valence-corrected chi connectivity index (χ2v) is 16.5. The van der Waals surface area contributed by atoms with Crippen molar-refractivity contribution in [1.29, 1.82) is 0 Å². The standard InChI is InChI=1S/C47H62N2O9/c1-4-24-54-35-18-20-40-38(28-35)45-36(15-9-11-23-51)34(14-8-10-22-50)27-37-39(48-53-3)29-43(47(58-40,46(37)45)57-25-5-2)49(44(52)21-17-32-12-6-7-13-32)30-33-16-19-41-42(26-33)56-31-55-41/h4-5,16,18-20,26-28,32,34,36,43,45-46,50-51H,1-2,6-15,17,21-25,29-31H2,3H3/t34-,36+,43-,45+,46+,47+/m0/s1. The van der Waals surface area contributed by atoms with Gasteiger partial charge in [-0.25, -0.2) is 0 Å². The Morgan fingerprint density at radius 1 is 0.948 bits per heavy atom. The third-order valence-electron chi connectivity index (χ3n) is 12.9. The van der Waals surface area contributed by atoms with E-state index in [0.717, 1.165) is 67.4 Å². The lowest BCUT2D eigenvalue weighted by Gasteiger charge is -2.60. The maximum atomic E-state index is 15.1. The lowest BCUT2D eigenvalue weighted by atomic mass is 9.55. The molecular formula is C47H62N2O9. The summed E-state index contributed by atoms with van der Waals surface area (Å²) in [6, 6.07) is 11.3. The van der Waals surface area contributed by atoms with Crippen molar-refractivity contribution in [3.63, 3.8) is 0 Å². The minimum Gasteiger partial charge on any atom is -0.490 e. The highest BCUT2D eigenvalue weighted by Crippen LogP contribution is 2.62. The van der Waals surface area contributed by atoms with Crippen LogP contribution in [0.3, 0.4) is 0 Å². The van der Waals surface area contributed by atoms with Gasteiger partial charge in [0.2, 0.25) is 18.5 Å². The van der Waals surface area contributed by atoms with Crippen LogP contribution in [0.15, 0.2) is 78.5 Å². The first-order chi connectivity index (χ1) is 28.4. The van der Waals surface area contributed by atoms with E-state index >= 15 is 4.79 Å². The number of fused-ring (bicyclic) bond motifs is 3. The number of carbonyl (C=O) groups excluding carboxylic acids is 1. The molecule has 2 aromatic rings. The van der Waals surface area contributed by atoms with Crippen LogP contribution >= 0.6 is 0 Å². The van der Waals surface area contributed by atoms with Crippen molar-refractivity contribution in [3.05, 3.63) is 84.5 Å². The van der Waals surface area contributed by atoms with Gasteiger partial charge in [0.05, 0.1) is 18.2 Å². The quantitative estimate of drug-likeness (QED) is 0.0729. The summed E-state index contributed by atoms with van der Waals surface area (Å²) in [5.41, 5.74) is 3.70. The maximum Gasteiger partial charge on any atom is 0.239 e. The number of allylic oxidation sites excluding steroid dienone is 1. The van der Waals surface area contributed by atoms with Gasteiger partial charge in [-0.1, -0.05) is 74.6 Å². The van der Waals surface area contributed by atoms with Gasteiger partial charge in [0.15, 0.2) is 11.5 Å². The van der Waals surface area contributed by atoms with Crippen LogP contribution in [0.5, 0.6) is 23.0 Å². The highest BCUT2D eigenvalue weighted by Gasteiger charge is 2.65. The predicted octanol–water partition coefficient (Wildman–Crippen LogP) is 8.24. The molecule has 6 atom stereocenters. The molecule has 2 aliphatic heterocycles. The number of aliphatic hydroxyl groups is 2. The first-order valence-corrected chi connectivity index (χ1v) is 21.5. The van der Waals surface area contributed by atoms with Gasteiger partial charge in [-0.15, -0.1) is 6.58 Å². The molecule has 11 heteroatoms. The van der Waals surface area contributed by atoms with Crippen LogP contribution in [0.1, 0.15) is 101 Å².